The summed E-state index contributed by atoms with van der Waals surface area (Å²) in [6.45, 7) is 0.926. The van der Waals surface area contributed by atoms with Crippen LogP contribution in [0.5, 0.6) is 0 Å². The summed E-state index contributed by atoms with van der Waals surface area (Å²) in [6.07, 6.45) is 0.540. The molecular weight excluding hydrogens is 416 g/mol. The molecule has 2 aromatic carbocycles. The summed E-state index contributed by atoms with van der Waals surface area (Å²) < 4.78 is 54.6. The molecule has 0 aliphatic carbocycles. The molecule has 0 spiro atoms. The molecule has 1 fully saturated rings. The van der Waals surface area contributed by atoms with Gasteiger partial charge in [0.05, 0.1) is 9.82 Å². The number of hydrogen-bond donors (Lipinski definition) is 2. The van der Waals surface area contributed by atoms with Crippen molar-refractivity contribution < 1.29 is 22.1 Å². The molecule has 2 aromatic rings. The number of nitrogens with one attached hydrogen (secondary N) is 2. The van der Waals surface area contributed by atoms with Crippen molar-refractivity contribution in [2.24, 2.45) is 0 Å². The fourth-order valence-electron chi connectivity index (χ4n) is 3.14. The van der Waals surface area contributed by atoms with Crippen LogP contribution in [-0.4, -0.2) is 32.5 Å². The lowest BCUT2D eigenvalue weighted by atomic mass is 9.86. The number of piperidine rings is 1. The molecule has 3 rings (SSSR count). The van der Waals surface area contributed by atoms with Crippen molar-refractivity contribution in [1.29, 1.82) is 0 Å². The van der Waals surface area contributed by atoms with Gasteiger partial charge in [-0.25, -0.2) is 21.9 Å². The molecule has 0 saturated carbocycles. The van der Waals surface area contributed by atoms with Gasteiger partial charge in [-0.3, -0.25) is 10.1 Å². The number of hydrogen-bond acceptors (Lipinski definition) is 5. The maximum atomic E-state index is 13.6. The average Bonchev–Trinajstić information content (AvgIpc) is 2.64. The Bertz CT molecular complexity index is 957. The second kappa shape index (κ2) is 8.91. The summed E-state index contributed by atoms with van der Waals surface area (Å²) >= 11 is 0. The highest BCUT2D eigenvalue weighted by Crippen LogP contribution is 2.28. The van der Waals surface area contributed by atoms with E-state index >= 15 is 0 Å². The van der Waals surface area contributed by atoms with Gasteiger partial charge in [-0.05, 0) is 42.8 Å². The number of sulfonamides is 1. The molecule has 1 heterocycles. The van der Waals surface area contributed by atoms with Crippen molar-refractivity contribution in [1.82, 2.24) is 10.0 Å². The third kappa shape index (κ3) is 4.82. The zero-order valence-corrected chi connectivity index (χ0v) is 16.1. The van der Waals surface area contributed by atoms with E-state index in [9.17, 15) is 27.3 Å². The van der Waals surface area contributed by atoms with E-state index in [0.717, 1.165) is 36.4 Å². The van der Waals surface area contributed by atoms with Crippen LogP contribution in [0.15, 0.2) is 47.4 Å². The number of nitrogens with zero attached hydrogens (tertiary/aromatic N) is 1. The molecule has 1 aliphatic rings. The summed E-state index contributed by atoms with van der Waals surface area (Å²) in [5.74, 6) is -2.28. The van der Waals surface area contributed by atoms with E-state index in [1.807, 2.05) is 0 Å². The van der Waals surface area contributed by atoms with Crippen molar-refractivity contribution in [3.05, 3.63) is 69.8 Å². The van der Waals surface area contributed by atoms with Crippen LogP contribution in [-0.2, 0) is 10.0 Å². The number of nitro benzene ring substituents is 1. The third-order valence-electron chi connectivity index (χ3n) is 4.52. The first kappa shape index (κ1) is 22.2. The molecule has 1 aliphatic heterocycles. The number of rotatable bonds is 5. The van der Waals surface area contributed by atoms with E-state index in [-0.39, 0.29) is 28.9 Å². The lowest BCUT2D eigenvalue weighted by Crippen LogP contribution is -2.49. The van der Waals surface area contributed by atoms with Gasteiger partial charge >= 0.3 is 0 Å². The Balaban J connectivity index is 0.00000280. The van der Waals surface area contributed by atoms with Gasteiger partial charge < -0.3 is 5.32 Å². The standard InChI is InChI=1S/C17H17F2N3O4S.ClH/c18-15-6-1-11(9-16(15)19)14-7-8-20-10-17(14)21-27(25,26)13-4-2-12(3-5-13)22(23)24;/h1-6,9,14,17,20-21H,7-8,10H2;1H. The fourth-order valence-corrected chi connectivity index (χ4v) is 4.42. The van der Waals surface area contributed by atoms with Crippen LogP contribution in [0.1, 0.15) is 17.9 Å². The van der Waals surface area contributed by atoms with Crippen molar-refractivity contribution in [3.8, 4) is 0 Å². The van der Waals surface area contributed by atoms with Crippen LogP contribution in [0.4, 0.5) is 14.5 Å². The molecule has 1 saturated heterocycles. The van der Waals surface area contributed by atoms with Crippen LogP contribution in [0.2, 0.25) is 0 Å². The normalized spacial score (nSPS) is 19.6. The molecule has 0 bridgehead atoms. The first-order valence-electron chi connectivity index (χ1n) is 8.20. The lowest BCUT2D eigenvalue weighted by molar-refractivity contribution is -0.384. The Labute approximate surface area is 166 Å². The zero-order chi connectivity index (χ0) is 19.6. The van der Waals surface area contributed by atoms with Gasteiger partial charge in [0.25, 0.3) is 5.69 Å². The molecule has 28 heavy (non-hydrogen) atoms. The molecule has 2 atom stereocenters. The minimum Gasteiger partial charge on any atom is -0.315 e. The second-order valence-corrected chi connectivity index (χ2v) is 7.97. The van der Waals surface area contributed by atoms with E-state index in [0.29, 0.717) is 25.1 Å². The Morgan fingerprint density at radius 2 is 1.79 bits per heavy atom. The van der Waals surface area contributed by atoms with Crippen molar-refractivity contribution >= 4 is 28.1 Å². The van der Waals surface area contributed by atoms with Gasteiger partial charge in [0.2, 0.25) is 10.0 Å². The molecule has 152 valence electrons. The molecular formula is C17H18ClF2N3O4S. The maximum Gasteiger partial charge on any atom is 0.269 e. The molecule has 7 nitrogen and oxygen atoms in total. The predicted molar refractivity (Wildman–Crippen MR) is 101 cm³/mol. The van der Waals surface area contributed by atoms with Crippen LogP contribution < -0.4 is 10.0 Å². The Morgan fingerprint density at radius 3 is 2.39 bits per heavy atom. The molecule has 0 aromatic heterocycles. The lowest BCUT2D eigenvalue weighted by Gasteiger charge is -2.33. The number of nitro groups is 1. The number of non-ortho nitro benzene ring substituents is 1. The summed E-state index contributed by atoms with van der Waals surface area (Å²) in [6, 6.07) is 7.51. The second-order valence-electron chi connectivity index (χ2n) is 6.25. The molecule has 0 amide bonds. The minimum atomic E-state index is -3.94. The minimum absolute atomic E-state index is 0. The quantitative estimate of drug-likeness (QED) is 0.557. The van der Waals surface area contributed by atoms with E-state index in [1.54, 1.807) is 0 Å². The third-order valence-corrected chi connectivity index (χ3v) is 6.02. The van der Waals surface area contributed by atoms with Gasteiger partial charge in [0, 0.05) is 30.6 Å². The molecule has 2 N–H and O–H groups in total. The van der Waals surface area contributed by atoms with Crippen LogP contribution in [0.25, 0.3) is 0 Å². The van der Waals surface area contributed by atoms with Crippen molar-refractivity contribution in [3.63, 3.8) is 0 Å². The summed E-state index contributed by atoms with van der Waals surface area (Å²) in [5.41, 5.74) is 0.291. The highest BCUT2D eigenvalue weighted by atomic mass is 35.5. The molecule has 11 heteroatoms. The molecule has 2 unspecified atom stereocenters. The van der Waals surface area contributed by atoms with E-state index < -0.39 is 32.6 Å². The Morgan fingerprint density at radius 1 is 1.11 bits per heavy atom. The van der Waals surface area contributed by atoms with Crippen LogP contribution >= 0.6 is 12.4 Å². The predicted octanol–water partition coefficient (Wildman–Crippen LogP) is 2.72. The first-order valence-corrected chi connectivity index (χ1v) is 9.69. The van der Waals surface area contributed by atoms with E-state index in [4.69, 9.17) is 0 Å². The number of halogens is 3. The monoisotopic (exact) mass is 433 g/mol. The van der Waals surface area contributed by atoms with E-state index in [1.165, 1.54) is 6.07 Å². The SMILES string of the molecule is Cl.O=[N+]([O-])c1ccc(S(=O)(=O)NC2CNCCC2c2ccc(F)c(F)c2)cc1. The van der Waals surface area contributed by atoms with Gasteiger partial charge in [-0.15, -0.1) is 12.4 Å². The zero-order valence-electron chi connectivity index (χ0n) is 14.5. The molecule has 0 radical (unpaired) electrons. The van der Waals surface area contributed by atoms with Gasteiger partial charge in [0.1, 0.15) is 0 Å². The summed E-state index contributed by atoms with van der Waals surface area (Å²) in [5, 5.41) is 13.8. The number of benzene rings is 2. The Hall–Kier alpha value is -2.14. The highest BCUT2D eigenvalue weighted by Gasteiger charge is 2.31. The Kier molecular flexibility index (Phi) is 7.05. The van der Waals surface area contributed by atoms with Crippen LogP contribution in [0, 0.1) is 21.7 Å². The van der Waals surface area contributed by atoms with E-state index in [2.05, 4.69) is 10.0 Å². The maximum absolute atomic E-state index is 13.6. The van der Waals surface area contributed by atoms with Crippen molar-refractivity contribution in [2.45, 2.75) is 23.3 Å². The highest BCUT2D eigenvalue weighted by molar-refractivity contribution is 7.89. The smallest absolute Gasteiger partial charge is 0.269 e. The van der Waals surface area contributed by atoms with Crippen molar-refractivity contribution in [2.75, 3.05) is 13.1 Å². The average molecular weight is 434 g/mol. The van der Waals surface area contributed by atoms with Gasteiger partial charge in [-0.2, -0.15) is 0 Å². The fraction of sp³-hybridized carbons (Fsp3) is 0.294. The van der Waals surface area contributed by atoms with Gasteiger partial charge in [-0.1, -0.05) is 6.07 Å². The largest absolute Gasteiger partial charge is 0.315 e. The van der Waals surface area contributed by atoms with Gasteiger partial charge in [0.15, 0.2) is 11.6 Å². The summed E-state index contributed by atoms with van der Waals surface area (Å²) in [4.78, 5) is 9.98. The van der Waals surface area contributed by atoms with Crippen LogP contribution in [0.3, 0.4) is 0 Å². The first-order chi connectivity index (χ1) is 12.8. The summed E-state index contributed by atoms with van der Waals surface area (Å²) in [7, 11) is -3.94. The topological polar surface area (TPSA) is 101 Å².